The first-order valence-electron chi connectivity index (χ1n) is 4.22. The number of hydrogen-bond acceptors (Lipinski definition) is 3. The van der Waals surface area contributed by atoms with Crippen molar-refractivity contribution in [3.63, 3.8) is 0 Å². The van der Waals surface area contributed by atoms with E-state index in [9.17, 15) is 0 Å². The largest absolute Gasteiger partial charge is 0.308 e. The van der Waals surface area contributed by atoms with Gasteiger partial charge in [0.2, 0.25) is 0 Å². The summed E-state index contributed by atoms with van der Waals surface area (Å²) in [4.78, 5) is 4.57. The summed E-state index contributed by atoms with van der Waals surface area (Å²) in [5.41, 5.74) is 0. The molecule has 0 atom stereocenters. The van der Waals surface area contributed by atoms with Crippen molar-refractivity contribution >= 4 is 22.9 Å². The van der Waals surface area contributed by atoms with Gasteiger partial charge in [-0.05, 0) is 28.2 Å². The lowest BCUT2D eigenvalue weighted by molar-refractivity contribution is 0.275. The van der Waals surface area contributed by atoms with Crippen LogP contribution in [0.15, 0.2) is 0 Å². The van der Waals surface area contributed by atoms with Crippen LogP contribution in [0.25, 0.3) is 0 Å². The van der Waals surface area contributed by atoms with E-state index in [4.69, 9.17) is 0 Å². The Labute approximate surface area is 90.2 Å². The van der Waals surface area contributed by atoms with Gasteiger partial charge in [0.05, 0.1) is 0 Å². The molecule has 12 heavy (non-hydrogen) atoms. The van der Waals surface area contributed by atoms with Gasteiger partial charge >= 0.3 is 0 Å². The van der Waals surface area contributed by atoms with Crippen LogP contribution in [-0.2, 0) is 0 Å². The Morgan fingerprint density at radius 2 is 1.33 bits per heavy atom. The molecule has 3 nitrogen and oxygen atoms in total. The number of rotatable bonds is 6. The molecule has 0 aliphatic heterocycles. The molecule has 0 rings (SSSR count). The van der Waals surface area contributed by atoms with Crippen molar-refractivity contribution in [2.24, 2.45) is 0 Å². The number of hydrogen-bond donors (Lipinski definition) is 0. The molecule has 0 heterocycles. The predicted molar refractivity (Wildman–Crippen MR) is 62.7 cm³/mol. The lowest BCUT2D eigenvalue weighted by Gasteiger charge is -2.20. The summed E-state index contributed by atoms with van der Waals surface area (Å²) in [6.45, 7) is 4.57. The zero-order valence-electron chi connectivity index (χ0n) is 8.55. The van der Waals surface area contributed by atoms with Crippen LogP contribution >= 0.6 is 22.9 Å². The minimum atomic E-state index is 1.13. The maximum Gasteiger partial charge on any atom is 0.0206 e. The van der Waals surface area contributed by atoms with Crippen molar-refractivity contribution in [2.45, 2.75) is 0 Å². The van der Waals surface area contributed by atoms with Gasteiger partial charge in [-0.2, -0.15) is 0 Å². The van der Waals surface area contributed by atoms with Crippen LogP contribution in [0.2, 0.25) is 0 Å². The molecule has 74 valence electrons. The van der Waals surface area contributed by atoms with Crippen molar-refractivity contribution in [1.82, 2.24) is 12.9 Å². The zero-order chi connectivity index (χ0) is 9.56. The first-order valence-corrected chi connectivity index (χ1v) is 5.19. The lowest BCUT2D eigenvalue weighted by Crippen LogP contribution is -2.32. The molecule has 0 radical (unpaired) electrons. The van der Waals surface area contributed by atoms with E-state index in [-0.39, 0.29) is 0 Å². The summed E-state index contributed by atoms with van der Waals surface area (Å²) < 4.78 is 2.18. The molecule has 0 aromatic carbocycles. The summed E-state index contributed by atoms with van der Waals surface area (Å²) in [7, 11) is 8.49. The molecule has 4 heteroatoms. The first kappa shape index (κ1) is 12.6. The van der Waals surface area contributed by atoms with Crippen LogP contribution in [0.5, 0.6) is 0 Å². The molecular formula is C8H20IN3. The smallest absolute Gasteiger partial charge is 0.0206 e. The highest BCUT2D eigenvalue weighted by Gasteiger charge is 1.99. The molecule has 0 aliphatic carbocycles. The topological polar surface area (TPSA) is 9.72 Å². The minimum absolute atomic E-state index is 1.13. The van der Waals surface area contributed by atoms with Crippen LogP contribution in [0.1, 0.15) is 0 Å². The highest BCUT2D eigenvalue weighted by atomic mass is 127. The van der Waals surface area contributed by atoms with E-state index >= 15 is 0 Å². The fourth-order valence-corrected chi connectivity index (χ4v) is 1.01. The van der Waals surface area contributed by atoms with E-state index in [0.29, 0.717) is 0 Å². The summed E-state index contributed by atoms with van der Waals surface area (Å²) in [6.07, 6.45) is 0. The van der Waals surface area contributed by atoms with Crippen LogP contribution in [-0.4, -0.2) is 67.3 Å². The van der Waals surface area contributed by atoms with E-state index in [2.05, 4.69) is 64.0 Å². The summed E-state index contributed by atoms with van der Waals surface area (Å²) in [6, 6.07) is 0. The van der Waals surface area contributed by atoms with Crippen molar-refractivity contribution < 1.29 is 0 Å². The van der Waals surface area contributed by atoms with Gasteiger partial charge in [0.25, 0.3) is 0 Å². The molecule has 0 N–H and O–H groups in total. The molecular weight excluding hydrogens is 265 g/mol. The average Bonchev–Trinajstić information content (AvgIpc) is 1.96. The second-order valence-corrected chi connectivity index (χ2v) is 5.08. The van der Waals surface area contributed by atoms with Crippen LogP contribution in [0.4, 0.5) is 0 Å². The van der Waals surface area contributed by atoms with Gasteiger partial charge in [0.15, 0.2) is 0 Å². The van der Waals surface area contributed by atoms with E-state index in [1.165, 1.54) is 0 Å². The molecule has 0 fully saturated rings. The Hall–Kier alpha value is 0.610. The Bertz CT molecular complexity index is 94.5. The molecule has 0 amide bonds. The molecule has 0 saturated carbocycles. The SMILES string of the molecule is CN(C)CCN(C)CCN(C)I. The molecule has 0 unspecified atom stereocenters. The van der Waals surface area contributed by atoms with E-state index in [1.54, 1.807) is 0 Å². The third kappa shape index (κ3) is 8.70. The lowest BCUT2D eigenvalue weighted by atomic mass is 10.5. The van der Waals surface area contributed by atoms with Gasteiger partial charge in [-0.3, -0.25) is 0 Å². The predicted octanol–water partition coefficient (Wildman–Crippen LogP) is 0.762. The number of halogens is 1. The summed E-state index contributed by atoms with van der Waals surface area (Å²) in [5.74, 6) is 0. The Morgan fingerprint density at radius 1 is 0.833 bits per heavy atom. The highest BCUT2D eigenvalue weighted by molar-refractivity contribution is 14.1. The maximum atomic E-state index is 2.36. The fraction of sp³-hybridized carbons (Fsp3) is 1.00. The summed E-state index contributed by atoms with van der Waals surface area (Å²) in [5, 5.41) is 0. The maximum absolute atomic E-state index is 2.36. The van der Waals surface area contributed by atoms with Gasteiger partial charge in [-0.15, -0.1) is 0 Å². The van der Waals surface area contributed by atoms with Crippen molar-refractivity contribution in [3.8, 4) is 0 Å². The van der Waals surface area contributed by atoms with Crippen molar-refractivity contribution in [1.29, 1.82) is 0 Å². The minimum Gasteiger partial charge on any atom is -0.308 e. The quantitative estimate of drug-likeness (QED) is 0.527. The Kier molecular flexibility index (Phi) is 7.41. The van der Waals surface area contributed by atoms with Gasteiger partial charge < -0.3 is 9.80 Å². The first-order chi connectivity index (χ1) is 5.52. The van der Waals surface area contributed by atoms with Crippen molar-refractivity contribution in [3.05, 3.63) is 0 Å². The van der Waals surface area contributed by atoms with Crippen molar-refractivity contribution in [2.75, 3.05) is 54.4 Å². The second-order valence-electron chi connectivity index (χ2n) is 3.43. The standard InChI is InChI=1S/C8H20IN3/c1-10(2)5-6-11(3)7-8-12(4)9/h5-8H2,1-4H3. The van der Waals surface area contributed by atoms with Crippen LogP contribution < -0.4 is 0 Å². The van der Waals surface area contributed by atoms with E-state index in [0.717, 1.165) is 26.2 Å². The van der Waals surface area contributed by atoms with Crippen LogP contribution in [0, 0.1) is 0 Å². The van der Waals surface area contributed by atoms with Crippen LogP contribution in [0.3, 0.4) is 0 Å². The van der Waals surface area contributed by atoms with Gasteiger partial charge in [-0.1, -0.05) is 0 Å². The second kappa shape index (κ2) is 7.06. The fourth-order valence-electron chi connectivity index (χ4n) is 0.791. The number of nitrogens with zero attached hydrogens (tertiary/aromatic N) is 3. The normalized spacial score (nSPS) is 12.0. The Morgan fingerprint density at radius 3 is 1.75 bits per heavy atom. The Balaban J connectivity index is 3.27. The average molecular weight is 285 g/mol. The highest BCUT2D eigenvalue weighted by Crippen LogP contribution is 1.92. The number of likely N-dealkylation sites (N-methyl/N-ethyl adjacent to an activating group) is 3. The molecule has 0 aliphatic rings. The molecule has 0 aromatic rings. The summed E-state index contributed by atoms with van der Waals surface area (Å²) >= 11 is 2.31. The third-order valence-electron chi connectivity index (χ3n) is 1.72. The van der Waals surface area contributed by atoms with E-state index < -0.39 is 0 Å². The van der Waals surface area contributed by atoms with E-state index in [1.807, 2.05) is 0 Å². The molecule has 0 saturated heterocycles. The zero-order valence-corrected chi connectivity index (χ0v) is 10.7. The molecule has 0 spiro atoms. The van der Waals surface area contributed by atoms with Gasteiger partial charge in [-0.25, -0.2) is 3.11 Å². The monoisotopic (exact) mass is 285 g/mol. The molecule has 0 aromatic heterocycles. The van der Waals surface area contributed by atoms with Gasteiger partial charge in [0.1, 0.15) is 0 Å². The van der Waals surface area contributed by atoms with Gasteiger partial charge in [0, 0.05) is 49.0 Å². The molecule has 0 bridgehead atoms. The third-order valence-corrected chi connectivity index (χ3v) is 2.20.